The van der Waals surface area contributed by atoms with Crippen LogP contribution in [0.2, 0.25) is 0 Å². The quantitative estimate of drug-likeness (QED) is 0.668. The number of amides is 1. The summed E-state index contributed by atoms with van der Waals surface area (Å²) in [7, 11) is -2.02. The summed E-state index contributed by atoms with van der Waals surface area (Å²) in [5, 5.41) is 2.75. The summed E-state index contributed by atoms with van der Waals surface area (Å²) in [6.07, 6.45) is 0.720. The molecule has 0 aromatic heterocycles. The van der Waals surface area contributed by atoms with Crippen LogP contribution >= 0.6 is 0 Å². The molecule has 2 rings (SSSR count). The Kier molecular flexibility index (Phi) is 7.12. The van der Waals surface area contributed by atoms with E-state index in [1.54, 1.807) is 7.11 Å². The van der Waals surface area contributed by atoms with Crippen molar-refractivity contribution in [2.24, 2.45) is 0 Å². The second-order valence-corrected chi connectivity index (χ2v) is 7.20. The second-order valence-electron chi connectivity index (χ2n) is 5.44. The van der Waals surface area contributed by atoms with Gasteiger partial charge in [0.1, 0.15) is 0 Å². The van der Waals surface area contributed by atoms with E-state index in [1.165, 1.54) is 24.3 Å². The van der Waals surface area contributed by atoms with Crippen LogP contribution in [-0.4, -0.2) is 34.6 Å². The van der Waals surface area contributed by atoms with Crippen molar-refractivity contribution in [2.75, 3.05) is 20.3 Å². The van der Waals surface area contributed by atoms with Crippen LogP contribution in [0, 0.1) is 0 Å². The summed E-state index contributed by atoms with van der Waals surface area (Å²) >= 11 is 0. The van der Waals surface area contributed by atoms with Gasteiger partial charge in [0.05, 0.1) is 4.90 Å². The minimum Gasteiger partial charge on any atom is -0.385 e. The number of rotatable bonds is 9. The van der Waals surface area contributed by atoms with Crippen molar-refractivity contribution in [3.8, 4) is 0 Å². The van der Waals surface area contributed by atoms with E-state index in [-0.39, 0.29) is 17.3 Å². The highest BCUT2D eigenvalue weighted by atomic mass is 32.2. The maximum absolute atomic E-state index is 12.3. The van der Waals surface area contributed by atoms with Crippen molar-refractivity contribution in [3.05, 3.63) is 65.7 Å². The van der Waals surface area contributed by atoms with E-state index in [2.05, 4.69) is 10.0 Å². The third kappa shape index (κ3) is 5.97. The van der Waals surface area contributed by atoms with E-state index in [9.17, 15) is 13.2 Å². The Labute approximate surface area is 148 Å². The van der Waals surface area contributed by atoms with Gasteiger partial charge in [0.15, 0.2) is 0 Å². The molecule has 0 unspecified atom stereocenters. The first-order valence-corrected chi connectivity index (χ1v) is 9.42. The molecule has 0 saturated carbocycles. The van der Waals surface area contributed by atoms with Gasteiger partial charge in [-0.15, -0.1) is 0 Å². The van der Waals surface area contributed by atoms with E-state index in [4.69, 9.17) is 4.74 Å². The van der Waals surface area contributed by atoms with Gasteiger partial charge < -0.3 is 10.1 Å². The molecule has 2 aromatic rings. The predicted molar refractivity (Wildman–Crippen MR) is 95.7 cm³/mol. The van der Waals surface area contributed by atoms with Gasteiger partial charge in [0.2, 0.25) is 10.0 Å². The molecule has 2 aromatic carbocycles. The summed E-state index contributed by atoms with van der Waals surface area (Å²) in [6, 6.07) is 15.1. The Morgan fingerprint density at radius 2 is 1.72 bits per heavy atom. The lowest BCUT2D eigenvalue weighted by Gasteiger charge is -2.08. The molecular formula is C18H22N2O4S. The molecule has 1 amide bonds. The van der Waals surface area contributed by atoms with Crippen molar-refractivity contribution >= 4 is 15.9 Å². The summed E-state index contributed by atoms with van der Waals surface area (Å²) in [5.41, 5.74) is 1.29. The van der Waals surface area contributed by atoms with E-state index >= 15 is 0 Å². The minimum atomic E-state index is -3.62. The molecular weight excluding hydrogens is 340 g/mol. The van der Waals surface area contributed by atoms with Gasteiger partial charge in [-0.1, -0.05) is 30.3 Å². The zero-order valence-corrected chi connectivity index (χ0v) is 14.9. The smallest absolute Gasteiger partial charge is 0.251 e. The van der Waals surface area contributed by atoms with Crippen LogP contribution in [0.4, 0.5) is 0 Å². The second kappa shape index (κ2) is 9.31. The highest BCUT2D eigenvalue weighted by Crippen LogP contribution is 2.11. The number of sulfonamides is 1. The van der Waals surface area contributed by atoms with Crippen LogP contribution in [0.15, 0.2) is 59.5 Å². The molecule has 0 atom stereocenters. The highest BCUT2D eigenvalue weighted by Gasteiger charge is 2.14. The fourth-order valence-electron chi connectivity index (χ4n) is 2.16. The van der Waals surface area contributed by atoms with Crippen molar-refractivity contribution in [1.29, 1.82) is 0 Å². The summed E-state index contributed by atoms with van der Waals surface area (Å²) in [5.74, 6) is -0.239. The van der Waals surface area contributed by atoms with Gasteiger partial charge in [-0.2, -0.15) is 0 Å². The molecule has 0 aliphatic rings. The molecule has 25 heavy (non-hydrogen) atoms. The number of ether oxygens (including phenoxy) is 1. The molecule has 6 nitrogen and oxygen atoms in total. The molecule has 0 fully saturated rings. The first-order chi connectivity index (χ1) is 12.0. The van der Waals surface area contributed by atoms with E-state index in [1.807, 2.05) is 30.3 Å². The standard InChI is InChI=1S/C18H22N2O4S/c1-24-13-5-12-19-18(21)16-8-10-17(11-9-16)25(22,23)20-14-15-6-3-2-4-7-15/h2-4,6-11,20H,5,12-14H2,1H3,(H,19,21). The van der Waals surface area contributed by atoms with Crippen molar-refractivity contribution in [2.45, 2.75) is 17.9 Å². The van der Waals surface area contributed by atoms with Gasteiger partial charge in [0, 0.05) is 32.4 Å². The average Bonchev–Trinajstić information content (AvgIpc) is 2.64. The van der Waals surface area contributed by atoms with Crippen LogP contribution in [-0.2, 0) is 21.3 Å². The Morgan fingerprint density at radius 3 is 2.36 bits per heavy atom. The summed E-state index contributed by atoms with van der Waals surface area (Å²) < 4.78 is 32.1. The molecule has 134 valence electrons. The number of hydrogen-bond donors (Lipinski definition) is 2. The Bertz CT molecular complexity index is 774. The molecule has 2 N–H and O–H groups in total. The van der Waals surface area contributed by atoms with Crippen LogP contribution in [0.5, 0.6) is 0 Å². The van der Waals surface area contributed by atoms with Crippen molar-refractivity contribution < 1.29 is 17.9 Å². The number of hydrogen-bond acceptors (Lipinski definition) is 4. The van der Waals surface area contributed by atoms with Gasteiger partial charge in [-0.05, 0) is 36.2 Å². The first-order valence-electron chi connectivity index (χ1n) is 7.94. The first kappa shape index (κ1) is 19.1. The normalized spacial score (nSPS) is 11.2. The Morgan fingerprint density at radius 1 is 1.04 bits per heavy atom. The third-order valence-electron chi connectivity index (χ3n) is 3.55. The third-order valence-corrected chi connectivity index (χ3v) is 4.96. The Balaban J connectivity index is 1.94. The molecule has 0 bridgehead atoms. The van der Waals surface area contributed by atoms with Crippen LogP contribution in [0.1, 0.15) is 22.3 Å². The molecule has 0 radical (unpaired) electrons. The number of carbonyl (C=O) groups is 1. The molecule has 7 heteroatoms. The number of benzene rings is 2. The monoisotopic (exact) mass is 362 g/mol. The fraction of sp³-hybridized carbons (Fsp3) is 0.278. The molecule has 0 saturated heterocycles. The van der Waals surface area contributed by atoms with E-state index in [0.717, 1.165) is 12.0 Å². The Hall–Kier alpha value is -2.22. The van der Waals surface area contributed by atoms with Crippen LogP contribution in [0.25, 0.3) is 0 Å². The number of carbonyl (C=O) groups excluding carboxylic acids is 1. The van der Waals surface area contributed by atoms with Crippen molar-refractivity contribution in [1.82, 2.24) is 10.0 Å². The predicted octanol–water partition coefficient (Wildman–Crippen LogP) is 1.93. The van der Waals surface area contributed by atoms with E-state index in [0.29, 0.717) is 18.7 Å². The van der Waals surface area contributed by atoms with Crippen LogP contribution < -0.4 is 10.0 Å². The van der Waals surface area contributed by atoms with Gasteiger partial charge >= 0.3 is 0 Å². The lowest BCUT2D eigenvalue weighted by molar-refractivity contribution is 0.0948. The lowest BCUT2D eigenvalue weighted by atomic mass is 10.2. The summed E-state index contributed by atoms with van der Waals surface area (Å²) in [4.78, 5) is 12.1. The fourth-order valence-corrected chi connectivity index (χ4v) is 3.18. The summed E-state index contributed by atoms with van der Waals surface area (Å²) in [6.45, 7) is 1.29. The highest BCUT2D eigenvalue weighted by molar-refractivity contribution is 7.89. The topological polar surface area (TPSA) is 84.5 Å². The number of methoxy groups -OCH3 is 1. The molecule has 0 aliphatic heterocycles. The SMILES string of the molecule is COCCCNC(=O)c1ccc(S(=O)(=O)NCc2ccccc2)cc1. The van der Waals surface area contributed by atoms with Gasteiger partial charge in [-0.25, -0.2) is 13.1 Å². The number of nitrogens with one attached hydrogen (secondary N) is 2. The molecule has 0 spiro atoms. The van der Waals surface area contributed by atoms with Crippen LogP contribution in [0.3, 0.4) is 0 Å². The van der Waals surface area contributed by atoms with Gasteiger partial charge in [-0.3, -0.25) is 4.79 Å². The largest absolute Gasteiger partial charge is 0.385 e. The lowest BCUT2D eigenvalue weighted by Crippen LogP contribution is -2.26. The van der Waals surface area contributed by atoms with Gasteiger partial charge in [0.25, 0.3) is 5.91 Å². The minimum absolute atomic E-state index is 0.124. The van der Waals surface area contributed by atoms with E-state index < -0.39 is 10.0 Å². The zero-order chi connectivity index (χ0) is 18.1. The zero-order valence-electron chi connectivity index (χ0n) is 14.1. The average molecular weight is 362 g/mol. The maximum atomic E-state index is 12.3. The maximum Gasteiger partial charge on any atom is 0.251 e. The van der Waals surface area contributed by atoms with Crippen molar-refractivity contribution in [3.63, 3.8) is 0 Å². The molecule has 0 aliphatic carbocycles. The molecule has 0 heterocycles.